The summed E-state index contributed by atoms with van der Waals surface area (Å²) in [7, 11) is 4.81. The molecular formula is C13H10Cl2O4S. The van der Waals surface area contributed by atoms with E-state index in [9.17, 15) is 4.79 Å². The van der Waals surface area contributed by atoms with E-state index in [-0.39, 0.29) is 5.97 Å². The number of carbonyl (C=O) groups is 1. The number of carbonyl (C=O) groups excluding carboxylic acids is 1. The molecule has 2 aromatic carbocycles. The molecule has 20 heavy (non-hydrogen) atoms. The molecule has 2 rings (SSSR count). The smallest absolute Gasteiger partial charge is 0.343 e. The lowest BCUT2D eigenvalue weighted by Gasteiger charge is -2.02. The maximum atomic E-state index is 11.6. The molecule has 0 atom stereocenters. The number of ether oxygens (including phenoxy) is 1. The average molecular weight is 333 g/mol. The number of benzene rings is 2. The number of esters is 1. The largest absolute Gasteiger partial charge is 0.423 e. The van der Waals surface area contributed by atoms with Crippen molar-refractivity contribution in [1.29, 1.82) is 0 Å². The lowest BCUT2D eigenvalue weighted by molar-refractivity contribution is 0.0735. The third-order valence-corrected chi connectivity index (χ3v) is 1.96. The fourth-order valence-corrected chi connectivity index (χ4v) is 1.23. The molecule has 0 bridgehead atoms. The van der Waals surface area contributed by atoms with Gasteiger partial charge in [-0.3, -0.25) is 0 Å². The predicted octanol–water partition coefficient (Wildman–Crippen LogP) is 3.61. The van der Waals surface area contributed by atoms with E-state index >= 15 is 0 Å². The Hall–Kier alpha value is -1.56. The van der Waals surface area contributed by atoms with Crippen LogP contribution in [0.2, 0.25) is 0 Å². The first-order valence-corrected chi connectivity index (χ1v) is 8.46. The zero-order valence-electron chi connectivity index (χ0n) is 10.1. The van der Waals surface area contributed by atoms with Gasteiger partial charge in [0.1, 0.15) is 5.75 Å². The molecule has 0 aliphatic rings. The van der Waals surface area contributed by atoms with Crippen LogP contribution >= 0.6 is 21.4 Å². The molecule has 0 amide bonds. The zero-order chi connectivity index (χ0) is 15.0. The molecule has 0 aromatic heterocycles. The lowest BCUT2D eigenvalue weighted by atomic mass is 10.2. The van der Waals surface area contributed by atoms with Crippen LogP contribution in [0.3, 0.4) is 0 Å². The summed E-state index contributed by atoms with van der Waals surface area (Å²) in [4.78, 5) is 11.6. The van der Waals surface area contributed by atoms with Crippen molar-refractivity contribution in [2.45, 2.75) is 0 Å². The Morgan fingerprint density at radius 3 is 1.70 bits per heavy atom. The molecule has 0 saturated carbocycles. The maximum absolute atomic E-state index is 11.6. The van der Waals surface area contributed by atoms with Crippen molar-refractivity contribution in [2.24, 2.45) is 0 Å². The summed E-state index contributed by atoms with van der Waals surface area (Å²) < 4.78 is 23.5. The summed E-state index contributed by atoms with van der Waals surface area (Å²) in [6.07, 6.45) is 0. The number of rotatable bonds is 2. The molecule has 0 N–H and O–H groups in total. The van der Waals surface area contributed by atoms with Gasteiger partial charge in [0, 0.05) is 21.4 Å². The SMILES string of the molecule is O=C(Oc1ccccc1)c1ccccc1.O=S(=O)(Cl)Cl. The van der Waals surface area contributed by atoms with E-state index < -0.39 is 8.26 Å². The molecule has 0 spiro atoms. The highest BCUT2D eigenvalue weighted by Crippen LogP contribution is 2.11. The van der Waals surface area contributed by atoms with Gasteiger partial charge in [0.15, 0.2) is 0 Å². The second kappa shape index (κ2) is 7.89. The highest BCUT2D eigenvalue weighted by molar-refractivity contribution is 8.31. The van der Waals surface area contributed by atoms with Crippen LogP contribution in [-0.2, 0) is 8.26 Å². The summed E-state index contributed by atoms with van der Waals surface area (Å²) in [5, 5.41) is 0. The van der Waals surface area contributed by atoms with E-state index in [1.807, 2.05) is 36.4 Å². The van der Waals surface area contributed by atoms with Crippen LogP contribution in [-0.4, -0.2) is 14.4 Å². The van der Waals surface area contributed by atoms with Gasteiger partial charge in [0.05, 0.1) is 5.56 Å². The Bertz CT molecular complexity index is 635. The Balaban J connectivity index is 0.000000347. The van der Waals surface area contributed by atoms with Gasteiger partial charge in [-0.25, -0.2) is 4.79 Å². The van der Waals surface area contributed by atoms with Crippen LogP contribution in [0.4, 0.5) is 0 Å². The summed E-state index contributed by atoms with van der Waals surface area (Å²) >= 11 is 0. The van der Waals surface area contributed by atoms with Gasteiger partial charge < -0.3 is 4.74 Å². The molecule has 0 heterocycles. The first kappa shape index (κ1) is 16.5. The Labute approximate surface area is 125 Å². The predicted molar refractivity (Wildman–Crippen MR) is 78.5 cm³/mol. The molecule has 7 heteroatoms. The van der Waals surface area contributed by atoms with Crippen molar-refractivity contribution < 1.29 is 17.9 Å². The highest BCUT2D eigenvalue weighted by atomic mass is 36.0. The fraction of sp³-hybridized carbons (Fsp3) is 0. The molecule has 4 nitrogen and oxygen atoms in total. The minimum atomic E-state index is -3.72. The van der Waals surface area contributed by atoms with E-state index in [1.165, 1.54) is 0 Å². The van der Waals surface area contributed by atoms with Crippen LogP contribution in [0.15, 0.2) is 60.7 Å². The van der Waals surface area contributed by atoms with Crippen LogP contribution in [0.1, 0.15) is 10.4 Å². The average Bonchev–Trinajstić information content (AvgIpc) is 2.39. The molecular weight excluding hydrogens is 323 g/mol. The van der Waals surface area contributed by atoms with E-state index in [2.05, 4.69) is 21.4 Å². The molecule has 0 aliphatic heterocycles. The van der Waals surface area contributed by atoms with Gasteiger partial charge in [-0.2, -0.15) is 8.42 Å². The monoisotopic (exact) mass is 332 g/mol. The van der Waals surface area contributed by atoms with Gasteiger partial charge in [0.2, 0.25) is 0 Å². The van der Waals surface area contributed by atoms with Crippen molar-refractivity contribution >= 4 is 35.6 Å². The van der Waals surface area contributed by atoms with Crippen molar-refractivity contribution in [3.05, 3.63) is 66.2 Å². The third-order valence-electron chi connectivity index (χ3n) is 1.96. The van der Waals surface area contributed by atoms with Gasteiger partial charge in [-0.1, -0.05) is 36.4 Å². The zero-order valence-corrected chi connectivity index (χ0v) is 12.4. The Kier molecular flexibility index (Phi) is 6.51. The Morgan fingerprint density at radius 1 is 0.850 bits per heavy atom. The van der Waals surface area contributed by atoms with Crippen LogP contribution in [0.25, 0.3) is 0 Å². The Morgan fingerprint density at radius 2 is 1.25 bits per heavy atom. The van der Waals surface area contributed by atoms with Crippen LogP contribution < -0.4 is 4.74 Å². The summed E-state index contributed by atoms with van der Waals surface area (Å²) in [6.45, 7) is 0. The maximum Gasteiger partial charge on any atom is 0.343 e. The molecule has 0 unspecified atom stereocenters. The standard InChI is InChI=1S/C13H10O2.Cl2O2S/c14-13(11-7-3-1-4-8-11)15-12-9-5-2-6-10-12;1-5(2,3)4/h1-10H;. The number of halogens is 2. The number of hydrogen-bond acceptors (Lipinski definition) is 4. The molecule has 0 aliphatic carbocycles. The van der Waals surface area contributed by atoms with Gasteiger partial charge in [-0.05, 0) is 24.3 Å². The lowest BCUT2D eigenvalue weighted by Crippen LogP contribution is -2.07. The fourth-order valence-electron chi connectivity index (χ4n) is 1.23. The first-order valence-electron chi connectivity index (χ1n) is 5.33. The van der Waals surface area contributed by atoms with E-state index in [1.54, 1.807) is 24.3 Å². The highest BCUT2D eigenvalue weighted by Gasteiger charge is 2.06. The van der Waals surface area contributed by atoms with Crippen LogP contribution in [0.5, 0.6) is 5.75 Å². The quantitative estimate of drug-likeness (QED) is 0.478. The second-order valence-corrected chi connectivity index (χ2v) is 7.12. The minimum absolute atomic E-state index is 0.332. The summed E-state index contributed by atoms with van der Waals surface area (Å²) in [6, 6.07) is 18.0. The minimum Gasteiger partial charge on any atom is -0.423 e. The van der Waals surface area contributed by atoms with Gasteiger partial charge >= 0.3 is 14.2 Å². The summed E-state index contributed by atoms with van der Waals surface area (Å²) in [5.74, 6) is 0.230. The third kappa shape index (κ3) is 7.78. The topological polar surface area (TPSA) is 60.4 Å². The molecule has 0 saturated heterocycles. The van der Waals surface area contributed by atoms with E-state index in [4.69, 9.17) is 13.2 Å². The number of para-hydroxylation sites is 1. The van der Waals surface area contributed by atoms with Crippen molar-refractivity contribution in [1.82, 2.24) is 0 Å². The molecule has 2 aromatic rings. The van der Waals surface area contributed by atoms with Gasteiger partial charge in [-0.15, -0.1) is 0 Å². The van der Waals surface area contributed by atoms with Gasteiger partial charge in [0.25, 0.3) is 0 Å². The summed E-state index contributed by atoms with van der Waals surface area (Å²) in [5.41, 5.74) is 0.557. The van der Waals surface area contributed by atoms with Crippen molar-refractivity contribution in [3.8, 4) is 5.75 Å². The molecule has 0 fully saturated rings. The van der Waals surface area contributed by atoms with Crippen molar-refractivity contribution in [3.63, 3.8) is 0 Å². The number of hydrogen-bond donors (Lipinski definition) is 0. The second-order valence-electron chi connectivity index (χ2n) is 3.45. The normalized spacial score (nSPS) is 10.1. The molecule has 106 valence electrons. The first-order chi connectivity index (χ1) is 9.36. The van der Waals surface area contributed by atoms with Crippen LogP contribution in [0, 0.1) is 0 Å². The van der Waals surface area contributed by atoms with E-state index in [0.29, 0.717) is 11.3 Å². The van der Waals surface area contributed by atoms with E-state index in [0.717, 1.165) is 0 Å². The van der Waals surface area contributed by atoms with Crippen molar-refractivity contribution in [2.75, 3.05) is 0 Å². The molecule has 0 radical (unpaired) electrons.